The van der Waals surface area contributed by atoms with E-state index in [1.165, 1.54) is 9.80 Å². The van der Waals surface area contributed by atoms with E-state index in [4.69, 9.17) is 5.11 Å². The molecule has 20 heavy (non-hydrogen) atoms. The Balaban J connectivity index is 1.99. The van der Waals surface area contributed by atoms with Gasteiger partial charge in [0.05, 0.1) is 12.6 Å². The molecule has 2 N–H and O–H groups in total. The summed E-state index contributed by atoms with van der Waals surface area (Å²) < 4.78 is 0. The lowest BCUT2D eigenvalue weighted by Gasteiger charge is -2.26. The average molecular weight is 284 g/mol. The van der Waals surface area contributed by atoms with Gasteiger partial charge in [0, 0.05) is 25.9 Å². The minimum Gasteiger partial charge on any atom is -0.480 e. The molecule has 0 radical (unpaired) electrons. The van der Waals surface area contributed by atoms with Crippen molar-refractivity contribution in [1.29, 1.82) is 0 Å². The van der Waals surface area contributed by atoms with Gasteiger partial charge in [0.2, 0.25) is 11.8 Å². The molecule has 0 bridgehead atoms. The Bertz CT molecular complexity index is 412. The first-order valence-electron chi connectivity index (χ1n) is 6.97. The summed E-state index contributed by atoms with van der Waals surface area (Å²) in [5.41, 5.74) is 0. The summed E-state index contributed by atoms with van der Waals surface area (Å²) in [4.78, 5) is 37.8. The van der Waals surface area contributed by atoms with Crippen LogP contribution in [0.25, 0.3) is 0 Å². The summed E-state index contributed by atoms with van der Waals surface area (Å²) in [6.45, 7) is 0.478. The van der Waals surface area contributed by atoms with Crippen molar-refractivity contribution in [1.82, 2.24) is 9.80 Å². The van der Waals surface area contributed by atoms with Crippen molar-refractivity contribution in [3.05, 3.63) is 0 Å². The Labute approximate surface area is 117 Å². The predicted octanol–water partition coefficient (Wildman–Crippen LogP) is -0.565. The van der Waals surface area contributed by atoms with Crippen LogP contribution >= 0.6 is 0 Å². The number of aliphatic hydroxyl groups is 1. The van der Waals surface area contributed by atoms with Crippen LogP contribution in [0.1, 0.15) is 32.1 Å². The van der Waals surface area contributed by atoms with Crippen LogP contribution in [-0.2, 0) is 14.4 Å². The normalized spacial score (nSPS) is 27.6. The molecule has 0 aromatic rings. The molecule has 2 amide bonds. The summed E-state index contributed by atoms with van der Waals surface area (Å²) in [6, 6.07) is -0.986. The number of aliphatic carboxylic acids is 1. The SMILES string of the molecule is O=C(O)C1CC(O)CN1C(=O)CN1CCCCCC1=O. The van der Waals surface area contributed by atoms with Crippen molar-refractivity contribution in [3.63, 3.8) is 0 Å². The van der Waals surface area contributed by atoms with E-state index >= 15 is 0 Å². The van der Waals surface area contributed by atoms with Crippen LogP contribution in [0, 0.1) is 0 Å². The minimum atomic E-state index is -1.11. The number of carboxylic acid groups (broad SMARTS) is 1. The summed E-state index contributed by atoms with van der Waals surface area (Å²) in [5.74, 6) is -1.57. The lowest BCUT2D eigenvalue weighted by molar-refractivity contribution is -0.149. The number of hydrogen-bond donors (Lipinski definition) is 2. The largest absolute Gasteiger partial charge is 0.480 e. The molecule has 2 atom stereocenters. The Morgan fingerprint density at radius 3 is 2.70 bits per heavy atom. The van der Waals surface area contributed by atoms with E-state index in [0.29, 0.717) is 13.0 Å². The third-order valence-corrected chi connectivity index (χ3v) is 3.88. The van der Waals surface area contributed by atoms with Crippen LogP contribution in [0.4, 0.5) is 0 Å². The molecule has 2 unspecified atom stereocenters. The van der Waals surface area contributed by atoms with E-state index in [2.05, 4.69) is 0 Å². The van der Waals surface area contributed by atoms with Gasteiger partial charge in [0.1, 0.15) is 6.04 Å². The molecular formula is C13H20N2O5. The Hall–Kier alpha value is -1.63. The highest BCUT2D eigenvalue weighted by Crippen LogP contribution is 2.19. The summed E-state index contributed by atoms with van der Waals surface area (Å²) >= 11 is 0. The second-order valence-electron chi connectivity index (χ2n) is 5.42. The van der Waals surface area contributed by atoms with Crippen molar-refractivity contribution in [2.75, 3.05) is 19.6 Å². The molecule has 2 rings (SSSR count). The van der Waals surface area contributed by atoms with Crippen LogP contribution in [0.2, 0.25) is 0 Å². The van der Waals surface area contributed by atoms with Crippen LogP contribution < -0.4 is 0 Å². The fourth-order valence-corrected chi connectivity index (χ4v) is 2.78. The number of nitrogens with zero attached hydrogens (tertiary/aromatic N) is 2. The number of carbonyl (C=O) groups excluding carboxylic acids is 2. The van der Waals surface area contributed by atoms with Gasteiger partial charge in [-0.1, -0.05) is 6.42 Å². The number of rotatable bonds is 3. The number of β-amino-alcohol motifs (C(OH)–C–C–N with tert-alkyl or cyclic N) is 1. The molecular weight excluding hydrogens is 264 g/mol. The van der Waals surface area contributed by atoms with Gasteiger partial charge in [-0.25, -0.2) is 4.79 Å². The van der Waals surface area contributed by atoms with Crippen LogP contribution in [0.3, 0.4) is 0 Å². The van der Waals surface area contributed by atoms with Gasteiger partial charge in [-0.05, 0) is 12.8 Å². The first kappa shape index (κ1) is 14.8. The van der Waals surface area contributed by atoms with E-state index in [1.54, 1.807) is 0 Å². The number of hydrogen-bond acceptors (Lipinski definition) is 4. The number of aliphatic hydroxyl groups excluding tert-OH is 1. The smallest absolute Gasteiger partial charge is 0.326 e. The van der Waals surface area contributed by atoms with Crippen molar-refractivity contribution in [2.24, 2.45) is 0 Å². The van der Waals surface area contributed by atoms with Crippen molar-refractivity contribution < 1.29 is 24.6 Å². The van der Waals surface area contributed by atoms with E-state index in [9.17, 15) is 19.5 Å². The zero-order valence-electron chi connectivity index (χ0n) is 11.3. The Morgan fingerprint density at radius 1 is 1.25 bits per heavy atom. The van der Waals surface area contributed by atoms with Gasteiger partial charge in [0.25, 0.3) is 0 Å². The highest BCUT2D eigenvalue weighted by atomic mass is 16.4. The maximum atomic E-state index is 12.2. The molecule has 112 valence electrons. The zero-order chi connectivity index (χ0) is 14.7. The quantitative estimate of drug-likeness (QED) is 0.723. The molecule has 0 aromatic carbocycles. The maximum Gasteiger partial charge on any atom is 0.326 e. The molecule has 0 aliphatic carbocycles. The molecule has 0 spiro atoms. The van der Waals surface area contributed by atoms with Gasteiger partial charge >= 0.3 is 5.97 Å². The van der Waals surface area contributed by atoms with Gasteiger partial charge in [-0.2, -0.15) is 0 Å². The lowest BCUT2D eigenvalue weighted by Crippen LogP contribution is -2.47. The summed E-state index contributed by atoms with van der Waals surface area (Å²) in [6.07, 6.45) is 2.36. The highest BCUT2D eigenvalue weighted by Gasteiger charge is 2.39. The topological polar surface area (TPSA) is 98.2 Å². The van der Waals surface area contributed by atoms with Crippen molar-refractivity contribution in [3.8, 4) is 0 Å². The van der Waals surface area contributed by atoms with E-state index < -0.39 is 24.0 Å². The fourth-order valence-electron chi connectivity index (χ4n) is 2.78. The fraction of sp³-hybridized carbons (Fsp3) is 0.769. The van der Waals surface area contributed by atoms with Gasteiger partial charge in [-0.3, -0.25) is 9.59 Å². The molecule has 7 nitrogen and oxygen atoms in total. The highest BCUT2D eigenvalue weighted by molar-refractivity contribution is 5.88. The minimum absolute atomic E-state index is 0.0256. The maximum absolute atomic E-state index is 12.2. The number of carboxylic acids is 1. The molecule has 7 heteroatoms. The van der Waals surface area contributed by atoms with Crippen LogP contribution in [0.5, 0.6) is 0 Å². The number of likely N-dealkylation sites (tertiary alicyclic amines) is 2. The molecule has 2 saturated heterocycles. The first-order valence-corrected chi connectivity index (χ1v) is 6.97. The third kappa shape index (κ3) is 3.27. The van der Waals surface area contributed by atoms with Crippen LogP contribution in [-0.4, -0.2) is 69.6 Å². The first-order chi connectivity index (χ1) is 9.49. The van der Waals surface area contributed by atoms with Gasteiger partial charge in [0.15, 0.2) is 0 Å². The average Bonchev–Trinajstić information content (AvgIpc) is 2.68. The second-order valence-corrected chi connectivity index (χ2v) is 5.42. The number of amides is 2. The monoisotopic (exact) mass is 284 g/mol. The van der Waals surface area contributed by atoms with E-state index in [1.807, 2.05) is 0 Å². The molecule has 2 aliphatic heterocycles. The zero-order valence-corrected chi connectivity index (χ0v) is 11.3. The Morgan fingerprint density at radius 2 is 2.00 bits per heavy atom. The molecule has 2 heterocycles. The van der Waals surface area contributed by atoms with Gasteiger partial charge in [-0.15, -0.1) is 0 Å². The standard InChI is InChI=1S/C13H20N2O5/c16-9-6-10(13(19)20)15(7-9)12(18)8-14-5-3-1-2-4-11(14)17/h9-10,16H,1-8H2,(H,19,20). The summed E-state index contributed by atoms with van der Waals surface area (Å²) in [7, 11) is 0. The molecule has 0 saturated carbocycles. The number of carbonyl (C=O) groups is 3. The Kier molecular flexibility index (Phi) is 4.59. The molecule has 0 aromatic heterocycles. The second kappa shape index (κ2) is 6.21. The van der Waals surface area contributed by atoms with Crippen LogP contribution in [0.15, 0.2) is 0 Å². The van der Waals surface area contributed by atoms with Crippen molar-refractivity contribution in [2.45, 2.75) is 44.2 Å². The lowest BCUT2D eigenvalue weighted by atomic mass is 10.2. The van der Waals surface area contributed by atoms with E-state index in [0.717, 1.165) is 19.3 Å². The predicted molar refractivity (Wildman–Crippen MR) is 68.8 cm³/mol. The molecule has 2 fully saturated rings. The van der Waals surface area contributed by atoms with Crippen molar-refractivity contribution >= 4 is 17.8 Å². The van der Waals surface area contributed by atoms with E-state index in [-0.39, 0.29) is 25.4 Å². The summed E-state index contributed by atoms with van der Waals surface area (Å²) in [5, 5.41) is 18.6. The van der Waals surface area contributed by atoms with Gasteiger partial charge < -0.3 is 20.0 Å². The third-order valence-electron chi connectivity index (χ3n) is 3.88. The molecule has 2 aliphatic rings.